The summed E-state index contributed by atoms with van der Waals surface area (Å²) in [5.41, 5.74) is 13.8. The van der Waals surface area contributed by atoms with Gasteiger partial charge in [-0.3, -0.25) is 33.8 Å². The number of rotatable bonds is 8. The molecule has 6 rings (SSSR count). The molecule has 16 heteroatoms. The second-order valence-corrected chi connectivity index (χ2v) is 11.0. The second-order valence-electron chi connectivity index (χ2n) is 9.27. The Morgan fingerprint density at radius 3 is 1.93 bits per heavy atom. The minimum Gasteiger partial charge on any atom is -0.366 e. The van der Waals surface area contributed by atoms with Crippen molar-refractivity contribution in [3.8, 4) is 21.1 Å². The van der Waals surface area contributed by atoms with Crippen molar-refractivity contribution in [2.45, 2.75) is 0 Å². The highest BCUT2D eigenvalue weighted by atomic mass is 32.1. The van der Waals surface area contributed by atoms with Crippen molar-refractivity contribution >= 4 is 57.7 Å². The van der Waals surface area contributed by atoms with Crippen molar-refractivity contribution < 1.29 is 19.2 Å². The van der Waals surface area contributed by atoms with Gasteiger partial charge in [0.25, 0.3) is 23.6 Å². The number of anilines is 2. The summed E-state index contributed by atoms with van der Waals surface area (Å²) in [4.78, 5) is 63.9. The van der Waals surface area contributed by atoms with E-state index in [-0.39, 0.29) is 28.3 Å². The molecule has 1 aromatic carbocycles. The number of hydrogen-bond donors (Lipinski definition) is 4. The molecule has 0 radical (unpaired) electrons. The maximum atomic E-state index is 12.3. The van der Waals surface area contributed by atoms with E-state index >= 15 is 0 Å². The SMILES string of the molecule is Cn1ncc(NC(=O)c2csc(-c3ccncc3)n2)c1C(N)=O.NC(=O)c1ccccc1NC(=O)c1csc(-c2cccnc2)n1. The van der Waals surface area contributed by atoms with Crippen LogP contribution in [0.3, 0.4) is 0 Å². The summed E-state index contributed by atoms with van der Waals surface area (Å²) in [7, 11) is 1.57. The number of carbonyl (C=O) groups is 4. The number of amides is 4. The van der Waals surface area contributed by atoms with Gasteiger partial charge in [0.2, 0.25) is 0 Å². The predicted molar refractivity (Wildman–Crippen MR) is 173 cm³/mol. The Labute approximate surface area is 269 Å². The zero-order valence-corrected chi connectivity index (χ0v) is 25.6. The van der Waals surface area contributed by atoms with Gasteiger partial charge in [-0.2, -0.15) is 5.10 Å². The smallest absolute Gasteiger partial charge is 0.275 e. The van der Waals surface area contributed by atoms with E-state index in [1.54, 1.807) is 72.9 Å². The minimum absolute atomic E-state index is 0.128. The number of nitrogens with two attached hydrogens (primary N) is 2. The molecular weight excluding hydrogens is 629 g/mol. The first kappa shape index (κ1) is 31.3. The number of nitrogens with one attached hydrogen (secondary N) is 2. The summed E-state index contributed by atoms with van der Waals surface area (Å²) in [6, 6.07) is 13.9. The molecule has 0 aliphatic carbocycles. The normalized spacial score (nSPS) is 10.4. The molecule has 0 aliphatic rings. The van der Waals surface area contributed by atoms with Crippen LogP contribution in [0, 0.1) is 0 Å². The Morgan fingerprint density at radius 2 is 1.33 bits per heavy atom. The summed E-state index contributed by atoms with van der Waals surface area (Å²) >= 11 is 2.69. The molecule has 0 bridgehead atoms. The zero-order valence-electron chi connectivity index (χ0n) is 23.9. The van der Waals surface area contributed by atoms with Crippen molar-refractivity contribution in [1.82, 2.24) is 29.7 Å². The average Bonchev–Trinajstić information content (AvgIpc) is 3.83. The molecular formula is C30H24N10O4S2. The average molecular weight is 653 g/mol. The van der Waals surface area contributed by atoms with Crippen molar-refractivity contribution in [1.29, 1.82) is 0 Å². The fraction of sp³-hybridized carbons (Fsp3) is 0.0333. The predicted octanol–water partition coefficient (Wildman–Crippen LogP) is 3.85. The topological polar surface area (TPSA) is 214 Å². The molecule has 0 spiro atoms. The molecule has 46 heavy (non-hydrogen) atoms. The molecule has 0 aliphatic heterocycles. The first-order valence-corrected chi connectivity index (χ1v) is 15.0. The Morgan fingerprint density at radius 1 is 0.696 bits per heavy atom. The number of aryl methyl sites for hydroxylation is 1. The minimum atomic E-state index is -0.670. The van der Waals surface area contributed by atoms with E-state index < -0.39 is 23.6 Å². The van der Waals surface area contributed by atoms with Gasteiger partial charge in [0.05, 0.1) is 23.1 Å². The number of aromatic nitrogens is 6. The third-order valence-electron chi connectivity index (χ3n) is 6.17. The van der Waals surface area contributed by atoms with Crippen LogP contribution in [-0.2, 0) is 7.05 Å². The number of nitrogens with zero attached hydrogens (tertiary/aromatic N) is 6. The van der Waals surface area contributed by atoms with Crippen LogP contribution in [0.15, 0.2) is 90.3 Å². The van der Waals surface area contributed by atoms with Gasteiger partial charge in [-0.15, -0.1) is 22.7 Å². The molecule has 4 amide bonds. The monoisotopic (exact) mass is 652 g/mol. The highest BCUT2D eigenvalue weighted by molar-refractivity contribution is 7.13. The van der Waals surface area contributed by atoms with Crippen LogP contribution in [0.25, 0.3) is 21.1 Å². The Kier molecular flexibility index (Phi) is 9.60. The lowest BCUT2D eigenvalue weighted by Crippen LogP contribution is -2.20. The fourth-order valence-corrected chi connectivity index (χ4v) is 5.60. The Balaban J connectivity index is 0.000000181. The highest BCUT2D eigenvalue weighted by Crippen LogP contribution is 2.25. The molecule has 0 saturated carbocycles. The molecule has 5 heterocycles. The van der Waals surface area contributed by atoms with E-state index in [9.17, 15) is 19.2 Å². The van der Waals surface area contributed by atoms with E-state index in [0.29, 0.717) is 15.7 Å². The van der Waals surface area contributed by atoms with Gasteiger partial charge in [0.15, 0.2) is 0 Å². The summed E-state index contributed by atoms with van der Waals surface area (Å²) in [6.45, 7) is 0. The first-order chi connectivity index (χ1) is 22.2. The van der Waals surface area contributed by atoms with Crippen LogP contribution < -0.4 is 22.1 Å². The third-order valence-corrected chi connectivity index (χ3v) is 7.95. The lowest BCUT2D eigenvalue weighted by Gasteiger charge is -2.07. The van der Waals surface area contributed by atoms with Crippen LogP contribution in [0.5, 0.6) is 0 Å². The molecule has 6 N–H and O–H groups in total. The Hall–Kier alpha value is -6.13. The van der Waals surface area contributed by atoms with Crippen molar-refractivity contribution in [3.63, 3.8) is 0 Å². The van der Waals surface area contributed by atoms with Crippen LogP contribution in [0.2, 0.25) is 0 Å². The summed E-state index contributed by atoms with van der Waals surface area (Å²) < 4.78 is 1.31. The van der Waals surface area contributed by atoms with Gasteiger partial charge < -0.3 is 22.1 Å². The number of para-hydroxylation sites is 1. The maximum absolute atomic E-state index is 12.3. The number of pyridine rings is 2. The first-order valence-electron chi connectivity index (χ1n) is 13.3. The summed E-state index contributed by atoms with van der Waals surface area (Å²) in [6.07, 6.45) is 8.04. The lowest BCUT2D eigenvalue weighted by atomic mass is 10.1. The molecule has 14 nitrogen and oxygen atoms in total. The largest absolute Gasteiger partial charge is 0.366 e. The van der Waals surface area contributed by atoms with Gasteiger partial charge in [-0.25, -0.2) is 9.97 Å². The number of primary amides is 2. The second kappa shape index (κ2) is 14.1. The molecule has 6 aromatic rings. The van der Waals surface area contributed by atoms with Crippen LogP contribution >= 0.6 is 22.7 Å². The van der Waals surface area contributed by atoms with E-state index in [0.717, 1.165) is 11.1 Å². The molecule has 0 atom stereocenters. The van der Waals surface area contributed by atoms with Crippen LogP contribution in [0.4, 0.5) is 11.4 Å². The van der Waals surface area contributed by atoms with Crippen molar-refractivity contribution in [2.24, 2.45) is 18.5 Å². The molecule has 0 saturated heterocycles. The molecule has 0 fully saturated rings. The fourth-order valence-electron chi connectivity index (χ4n) is 4.01. The standard InChI is InChI=1S/C16H12N4O2S.C14H12N6O2S/c17-14(21)11-5-1-2-6-12(11)19-15(22)13-9-23-16(20-13)10-4-3-7-18-8-10;1-20-11(12(15)21)9(6-17-20)18-13(22)10-7-23-14(19-10)8-2-4-16-5-3-8/h1-9H,(H2,17,21)(H,19,22);2-7H,1H3,(H2,15,21)(H,18,22). The van der Waals surface area contributed by atoms with Gasteiger partial charge in [0, 0.05) is 53.7 Å². The van der Waals surface area contributed by atoms with Crippen LogP contribution in [0.1, 0.15) is 41.8 Å². The summed E-state index contributed by atoms with van der Waals surface area (Å²) in [5, 5.41) is 13.9. The van der Waals surface area contributed by atoms with E-state index in [2.05, 4.69) is 35.7 Å². The number of hydrogen-bond acceptors (Lipinski definition) is 11. The van der Waals surface area contributed by atoms with Gasteiger partial charge in [0.1, 0.15) is 27.1 Å². The van der Waals surface area contributed by atoms with Gasteiger partial charge >= 0.3 is 0 Å². The molecule has 0 unspecified atom stereocenters. The van der Waals surface area contributed by atoms with Gasteiger partial charge in [-0.05, 0) is 36.4 Å². The Bertz CT molecular complexity index is 2020. The van der Waals surface area contributed by atoms with E-state index in [1.807, 2.05) is 18.2 Å². The maximum Gasteiger partial charge on any atom is 0.275 e. The highest BCUT2D eigenvalue weighted by Gasteiger charge is 2.19. The van der Waals surface area contributed by atoms with Crippen LogP contribution in [-0.4, -0.2) is 53.3 Å². The zero-order chi connectivity index (χ0) is 32.6. The number of carbonyl (C=O) groups excluding carboxylic acids is 4. The number of thiazole rings is 2. The lowest BCUT2D eigenvalue weighted by molar-refractivity contribution is 0.0984. The van der Waals surface area contributed by atoms with Gasteiger partial charge in [-0.1, -0.05) is 12.1 Å². The molecule has 230 valence electrons. The molecule has 5 aromatic heterocycles. The van der Waals surface area contributed by atoms with E-state index in [4.69, 9.17) is 11.5 Å². The summed E-state index contributed by atoms with van der Waals surface area (Å²) in [5.74, 6) is -2.10. The van der Waals surface area contributed by atoms with Crippen molar-refractivity contribution in [3.05, 3.63) is 113 Å². The number of benzene rings is 1. The third kappa shape index (κ3) is 7.32. The van der Waals surface area contributed by atoms with E-state index in [1.165, 1.54) is 33.6 Å². The van der Waals surface area contributed by atoms with Crippen molar-refractivity contribution in [2.75, 3.05) is 10.6 Å². The quantitative estimate of drug-likeness (QED) is 0.188.